The molecule has 11 heteroatoms. The fourth-order valence-corrected chi connectivity index (χ4v) is 5.00. The first-order chi connectivity index (χ1) is 19.6. The van der Waals surface area contributed by atoms with Crippen molar-refractivity contribution in [2.75, 3.05) is 31.4 Å². The minimum absolute atomic E-state index is 0.0192. The number of fused-ring (bicyclic) bond motifs is 10. The Hall–Kier alpha value is -4.80. The Balaban J connectivity index is 1.63. The summed E-state index contributed by atoms with van der Waals surface area (Å²) in [6.07, 6.45) is 0.924. The molecule has 4 bridgehead atoms. The average Bonchev–Trinajstić information content (AvgIpc) is 2.96. The van der Waals surface area contributed by atoms with Crippen LogP contribution in [0.5, 0.6) is 5.75 Å². The number of likely N-dealkylation sites (N-methyl/N-ethyl adjacent to an activating group) is 1. The Morgan fingerprint density at radius 1 is 1.07 bits per heavy atom. The van der Waals surface area contributed by atoms with Crippen molar-refractivity contribution in [1.82, 2.24) is 9.88 Å². The van der Waals surface area contributed by atoms with E-state index in [0.717, 1.165) is 16.4 Å². The molecule has 2 aliphatic rings. The topological polar surface area (TPSA) is 113 Å². The number of rotatable bonds is 3. The van der Waals surface area contributed by atoms with Crippen molar-refractivity contribution >= 4 is 47.5 Å². The van der Waals surface area contributed by atoms with Crippen LogP contribution in [0.15, 0.2) is 65.6 Å². The molecule has 3 heterocycles. The zero-order chi connectivity index (χ0) is 29.3. The van der Waals surface area contributed by atoms with E-state index in [-0.39, 0.29) is 24.3 Å². The molecule has 2 atom stereocenters. The normalized spacial score (nSPS) is 17.7. The van der Waals surface area contributed by atoms with Gasteiger partial charge in [0, 0.05) is 53.6 Å². The maximum Gasteiger partial charge on any atom is 0.411 e. The summed E-state index contributed by atoms with van der Waals surface area (Å²) in [5, 5.41) is 7.06. The fourth-order valence-electron chi connectivity index (χ4n) is 5.00. The second-order valence-electron chi connectivity index (χ2n) is 10.3. The number of pyridine rings is 1. The lowest BCUT2D eigenvalue weighted by molar-refractivity contribution is -0.131. The molecule has 2 amide bonds. The molecule has 2 aliphatic heterocycles. The van der Waals surface area contributed by atoms with Gasteiger partial charge >= 0.3 is 6.09 Å². The van der Waals surface area contributed by atoms with Gasteiger partial charge in [-0.15, -0.1) is 0 Å². The van der Waals surface area contributed by atoms with Gasteiger partial charge in [-0.05, 0) is 53.4 Å². The Morgan fingerprint density at radius 2 is 1.88 bits per heavy atom. The Bertz CT molecular complexity index is 1710. The second-order valence-corrected chi connectivity index (χ2v) is 10.3. The summed E-state index contributed by atoms with van der Waals surface area (Å²) < 4.78 is 26.9. The third kappa shape index (κ3) is 5.74. The van der Waals surface area contributed by atoms with Crippen LogP contribution in [0.1, 0.15) is 35.6 Å². The van der Waals surface area contributed by atoms with Crippen molar-refractivity contribution in [1.29, 1.82) is 0 Å². The molecule has 210 valence electrons. The van der Waals surface area contributed by atoms with Crippen LogP contribution in [0.4, 0.5) is 20.6 Å². The van der Waals surface area contributed by atoms with Gasteiger partial charge in [-0.25, -0.2) is 9.18 Å². The molecule has 0 fully saturated rings. The van der Waals surface area contributed by atoms with Crippen molar-refractivity contribution < 1.29 is 23.5 Å². The summed E-state index contributed by atoms with van der Waals surface area (Å²) in [6.45, 7) is 1.96. The fraction of sp³-hybridized carbons (Fsp3) is 0.233. The van der Waals surface area contributed by atoms with E-state index in [0.29, 0.717) is 28.1 Å². The molecule has 0 saturated carbocycles. The number of nitrogens with zero attached hydrogens (tertiary/aromatic N) is 1. The highest BCUT2D eigenvalue weighted by molar-refractivity contribution is 6.33. The molecule has 6 rings (SSSR count). The number of nitrogens with one attached hydrogen (secondary N) is 3. The zero-order valence-electron chi connectivity index (χ0n) is 23.2. The maximum atomic E-state index is 15.9. The number of H-pyrrole nitrogens is 1. The van der Waals surface area contributed by atoms with Crippen molar-refractivity contribution in [3.8, 4) is 5.75 Å². The van der Waals surface area contributed by atoms with Gasteiger partial charge in [0.05, 0.1) is 13.7 Å². The van der Waals surface area contributed by atoms with Crippen LogP contribution in [0.3, 0.4) is 0 Å². The van der Waals surface area contributed by atoms with Crippen LogP contribution >= 0.6 is 0 Å². The van der Waals surface area contributed by atoms with Gasteiger partial charge < -0.3 is 24.7 Å². The summed E-state index contributed by atoms with van der Waals surface area (Å²) >= 11 is 0. The number of aromatic nitrogens is 1. The molecule has 0 radical (unpaired) electrons. The summed E-state index contributed by atoms with van der Waals surface area (Å²) in [4.78, 5) is 43.1. The number of amides is 2. The highest BCUT2D eigenvalue weighted by atomic mass is 19.1. The first-order valence-electron chi connectivity index (χ1n) is 13.2. The third-order valence-corrected chi connectivity index (χ3v) is 7.37. The lowest BCUT2D eigenvalue weighted by Crippen LogP contribution is -2.36. The lowest BCUT2D eigenvalue weighted by Gasteiger charge is -2.28. The summed E-state index contributed by atoms with van der Waals surface area (Å²) in [6, 6.07) is 14.0. The van der Waals surface area contributed by atoms with Crippen molar-refractivity contribution in [3.05, 3.63) is 93.7 Å². The number of hydrogen-bond acceptors (Lipinski definition) is 6. The van der Waals surface area contributed by atoms with E-state index in [2.05, 4.69) is 15.6 Å². The van der Waals surface area contributed by atoms with E-state index in [1.165, 1.54) is 24.1 Å². The van der Waals surface area contributed by atoms with Gasteiger partial charge in [0.25, 0.3) is 5.56 Å². The van der Waals surface area contributed by atoms with E-state index in [4.69, 9.17) is 9.47 Å². The highest BCUT2D eigenvalue weighted by Crippen LogP contribution is 2.34. The second kappa shape index (κ2) is 11.4. The number of carbonyl (C=O) groups is 2. The van der Waals surface area contributed by atoms with Crippen LogP contribution < -0.4 is 26.4 Å². The number of hydrogen-bond donors (Lipinski definition) is 3. The van der Waals surface area contributed by atoms with Gasteiger partial charge in [0.2, 0.25) is 5.91 Å². The van der Waals surface area contributed by atoms with Gasteiger partial charge in [-0.2, -0.15) is 0 Å². The molecular formula is C30H30BFN4O5. The number of aromatic amines is 1. The number of benzene rings is 3. The van der Waals surface area contributed by atoms with E-state index in [1.54, 1.807) is 56.6 Å². The summed E-state index contributed by atoms with van der Waals surface area (Å²) in [5.74, 6) is -1.08. The van der Waals surface area contributed by atoms with Crippen LogP contribution in [-0.4, -0.2) is 50.5 Å². The minimum Gasteiger partial charge on any atom is -0.496 e. The monoisotopic (exact) mass is 556 g/mol. The molecule has 3 N–H and O–H groups in total. The Kier molecular flexibility index (Phi) is 7.69. The standard InChI is InChI=1S/C30H30BFN4O5/c1-16-15-41-30(39)35-19-6-7-24(31)18(10-19)14-36(2)29(38)27(23-13-26(40-3)21(16)12-25(23)32)34-20-5-4-17-8-9-33-28(37)22(17)11-20/h4-13,16,27,34H,14-15,31H2,1-3H3,(H,33,37)(H,35,39)/t16-,27+/m0/s1. The van der Waals surface area contributed by atoms with E-state index >= 15 is 4.39 Å². The quantitative estimate of drug-likeness (QED) is 0.334. The molecule has 3 aromatic carbocycles. The molecule has 1 aromatic heterocycles. The van der Waals surface area contributed by atoms with Gasteiger partial charge in [-0.1, -0.05) is 24.5 Å². The number of methoxy groups -OCH3 is 1. The van der Waals surface area contributed by atoms with Crippen LogP contribution in [-0.2, 0) is 16.1 Å². The molecular weight excluding hydrogens is 526 g/mol. The number of carbonyl (C=O) groups excluding carboxylic acids is 2. The number of halogens is 1. The molecule has 0 unspecified atom stereocenters. The molecule has 41 heavy (non-hydrogen) atoms. The predicted octanol–water partition coefficient (Wildman–Crippen LogP) is 3.41. The van der Waals surface area contributed by atoms with Crippen LogP contribution in [0, 0.1) is 5.82 Å². The Morgan fingerprint density at radius 3 is 2.66 bits per heavy atom. The van der Waals surface area contributed by atoms with Gasteiger partial charge in [0.15, 0.2) is 0 Å². The summed E-state index contributed by atoms with van der Waals surface area (Å²) in [7, 11) is 4.99. The van der Waals surface area contributed by atoms with Gasteiger partial charge in [0.1, 0.15) is 25.5 Å². The number of anilines is 2. The smallest absolute Gasteiger partial charge is 0.411 e. The SMILES string of the molecule is Bc1ccc2cc1CN(C)C(=O)[C@H](Nc1ccc3cc[nH]c(=O)c3c1)c1cc(OC)c(cc1F)[C@@H](C)COC(=O)N2. The third-order valence-electron chi connectivity index (χ3n) is 7.37. The van der Waals surface area contributed by atoms with E-state index < -0.39 is 29.8 Å². The lowest BCUT2D eigenvalue weighted by atomic mass is 9.89. The largest absolute Gasteiger partial charge is 0.496 e. The molecule has 0 saturated heterocycles. The van der Waals surface area contributed by atoms with Crippen LogP contribution in [0.2, 0.25) is 0 Å². The predicted molar refractivity (Wildman–Crippen MR) is 158 cm³/mol. The minimum atomic E-state index is -1.15. The van der Waals surface area contributed by atoms with E-state index in [1.807, 2.05) is 13.9 Å². The highest BCUT2D eigenvalue weighted by Gasteiger charge is 2.30. The number of ether oxygens (including phenoxy) is 2. The Labute approximate surface area is 237 Å². The maximum absolute atomic E-state index is 15.9. The summed E-state index contributed by atoms with van der Waals surface area (Å²) in [5.41, 5.74) is 3.00. The molecule has 0 spiro atoms. The molecule has 4 aromatic rings. The molecule has 0 aliphatic carbocycles. The van der Waals surface area contributed by atoms with Crippen LogP contribution in [0.25, 0.3) is 10.8 Å². The van der Waals surface area contributed by atoms with Crippen molar-refractivity contribution in [2.45, 2.75) is 25.4 Å². The first kappa shape index (κ1) is 27.8. The first-order valence-corrected chi connectivity index (χ1v) is 13.2. The van der Waals surface area contributed by atoms with Crippen molar-refractivity contribution in [3.63, 3.8) is 0 Å². The molecule has 9 nitrogen and oxygen atoms in total. The zero-order valence-corrected chi connectivity index (χ0v) is 23.2. The van der Waals surface area contributed by atoms with Crippen molar-refractivity contribution in [2.24, 2.45) is 0 Å². The van der Waals surface area contributed by atoms with E-state index in [9.17, 15) is 14.4 Å². The van der Waals surface area contributed by atoms with Gasteiger partial charge in [-0.3, -0.25) is 14.9 Å². The average molecular weight is 556 g/mol.